The Labute approximate surface area is 142 Å². The zero-order valence-electron chi connectivity index (χ0n) is 13.8. The third-order valence-corrected chi connectivity index (χ3v) is 3.70. The summed E-state index contributed by atoms with van der Waals surface area (Å²) >= 11 is 0. The van der Waals surface area contributed by atoms with Gasteiger partial charge in [0.05, 0.1) is 0 Å². The molecule has 3 nitrogen and oxygen atoms in total. The Bertz CT molecular complexity index is 805. The quantitative estimate of drug-likeness (QED) is 0.602. The molecule has 3 rings (SSSR count). The zero-order valence-corrected chi connectivity index (χ0v) is 13.8. The lowest BCUT2D eigenvalue weighted by molar-refractivity contribution is 0.112. The first-order valence-electron chi connectivity index (χ1n) is 7.90. The topological polar surface area (TPSA) is 41.1 Å². The van der Waals surface area contributed by atoms with Gasteiger partial charge in [0.25, 0.3) is 0 Å². The normalized spacial score (nSPS) is 10.2. The van der Waals surface area contributed by atoms with Crippen LogP contribution >= 0.6 is 0 Å². The third kappa shape index (κ3) is 4.02. The maximum atomic E-state index is 11.3. The largest absolute Gasteiger partial charge is 0.355 e. The number of hydrogen-bond donors (Lipinski definition) is 2. The second kappa shape index (κ2) is 7.01. The van der Waals surface area contributed by atoms with Crippen LogP contribution in [0.5, 0.6) is 0 Å². The summed E-state index contributed by atoms with van der Waals surface area (Å²) in [6, 6.07) is 22.0. The van der Waals surface area contributed by atoms with Gasteiger partial charge in [-0.2, -0.15) is 0 Å². The molecule has 0 radical (unpaired) electrons. The van der Waals surface area contributed by atoms with Crippen molar-refractivity contribution in [1.82, 2.24) is 0 Å². The number of aldehydes is 1. The molecule has 0 amide bonds. The minimum atomic E-state index is 0.628. The molecule has 0 heterocycles. The maximum absolute atomic E-state index is 11.3. The number of aryl methyl sites for hydroxylation is 2. The molecular formula is C21H20N2O. The molecule has 24 heavy (non-hydrogen) atoms. The molecule has 120 valence electrons. The van der Waals surface area contributed by atoms with E-state index in [0.717, 1.165) is 29.0 Å². The zero-order chi connectivity index (χ0) is 16.9. The van der Waals surface area contributed by atoms with Gasteiger partial charge in [0.15, 0.2) is 0 Å². The van der Waals surface area contributed by atoms with Crippen LogP contribution in [-0.2, 0) is 0 Å². The van der Waals surface area contributed by atoms with Crippen LogP contribution in [0.15, 0.2) is 66.7 Å². The van der Waals surface area contributed by atoms with Crippen LogP contribution in [0.25, 0.3) is 0 Å². The molecular weight excluding hydrogens is 296 g/mol. The predicted octanol–water partition coefficient (Wildman–Crippen LogP) is 5.60. The second-order valence-corrected chi connectivity index (χ2v) is 5.95. The molecule has 2 N–H and O–H groups in total. The molecule has 0 spiro atoms. The van der Waals surface area contributed by atoms with E-state index < -0.39 is 0 Å². The summed E-state index contributed by atoms with van der Waals surface area (Å²) < 4.78 is 0. The molecule has 0 bridgehead atoms. The van der Waals surface area contributed by atoms with Crippen molar-refractivity contribution < 1.29 is 4.79 Å². The third-order valence-electron chi connectivity index (χ3n) is 3.70. The lowest BCUT2D eigenvalue weighted by Gasteiger charge is -2.12. The standard InChI is InChI=1S/C21H20N2O/c1-15-5-3-7-18(9-15)22-20-11-17(14-24)12-21(13-20)23-19-8-4-6-16(2)10-19/h3-14,22-23H,1-2H3. The van der Waals surface area contributed by atoms with Crippen LogP contribution in [-0.4, -0.2) is 6.29 Å². The Balaban J connectivity index is 1.89. The summed E-state index contributed by atoms with van der Waals surface area (Å²) in [5.74, 6) is 0. The molecule has 0 aliphatic heterocycles. The van der Waals surface area contributed by atoms with E-state index in [1.165, 1.54) is 11.1 Å². The fourth-order valence-electron chi connectivity index (χ4n) is 2.64. The van der Waals surface area contributed by atoms with Crippen LogP contribution in [0.1, 0.15) is 21.5 Å². The highest BCUT2D eigenvalue weighted by atomic mass is 16.1. The summed E-state index contributed by atoms with van der Waals surface area (Å²) in [5.41, 5.74) is 6.75. The van der Waals surface area contributed by atoms with Crippen molar-refractivity contribution in [3.63, 3.8) is 0 Å². The van der Waals surface area contributed by atoms with Gasteiger partial charge < -0.3 is 10.6 Å². The summed E-state index contributed by atoms with van der Waals surface area (Å²) in [4.78, 5) is 11.3. The van der Waals surface area contributed by atoms with Gasteiger partial charge in [0.2, 0.25) is 0 Å². The van der Waals surface area contributed by atoms with Crippen molar-refractivity contribution in [2.75, 3.05) is 10.6 Å². The van der Waals surface area contributed by atoms with Crippen LogP contribution in [0.4, 0.5) is 22.7 Å². The highest BCUT2D eigenvalue weighted by Crippen LogP contribution is 2.25. The van der Waals surface area contributed by atoms with Crippen molar-refractivity contribution in [3.8, 4) is 0 Å². The molecule has 0 aliphatic carbocycles. The van der Waals surface area contributed by atoms with E-state index in [0.29, 0.717) is 5.56 Å². The van der Waals surface area contributed by atoms with Crippen molar-refractivity contribution in [1.29, 1.82) is 0 Å². The number of rotatable bonds is 5. The monoisotopic (exact) mass is 316 g/mol. The van der Waals surface area contributed by atoms with Crippen LogP contribution in [0.2, 0.25) is 0 Å². The summed E-state index contributed by atoms with van der Waals surface area (Å²) in [7, 11) is 0. The average molecular weight is 316 g/mol. The molecule has 0 aromatic heterocycles. The van der Waals surface area contributed by atoms with Gasteiger partial charge in [-0.1, -0.05) is 24.3 Å². The van der Waals surface area contributed by atoms with Crippen molar-refractivity contribution in [2.45, 2.75) is 13.8 Å². The minimum Gasteiger partial charge on any atom is -0.355 e. The summed E-state index contributed by atoms with van der Waals surface area (Å²) in [6.45, 7) is 4.11. The number of carbonyl (C=O) groups is 1. The maximum Gasteiger partial charge on any atom is 0.150 e. The van der Waals surface area contributed by atoms with Gasteiger partial charge in [-0.25, -0.2) is 0 Å². The first kappa shape index (κ1) is 15.8. The van der Waals surface area contributed by atoms with E-state index in [1.54, 1.807) is 0 Å². The predicted molar refractivity (Wildman–Crippen MR) is 101 cm³/mol. The number of nitrogens with one attached hydrogen (secondary N) is 2. The molecule has 0 atom stereocenters. The highest BCUT2D eigenvalue weighted by Gasteiger charge is 2.03. The first-order valence-corrected chi connectivity index (χ1v) is 7.90. The number of benzene rings is 3. The molecule has 0 saturated heterocycles. The average Bonchev–Trinajstić information content (AvgIpc) is 2.54. The molecule has 3 aromatic carbocycles. The van der Waals surface area contributed by atoms with Crippen LogP contribution in [0.3, 0.4) is 0 Å². The van der Waals surface area contributed by atoms with Crippen molar-refractivity contribution in [2.24, 2.45) is 0 Å². The lowest BCUT2D eigenvalue weighted by Crippen LogP contribution is -1.96. The van der Waals surface area contributed by atoms with E-state index in [9.17, 15) is 4.79 Å². The Morgan fingerprint density at radius 1 is 0.667 bits per heavy atom. The van der Waals surface area contributed by atoms with Gasteiger partial charge in [-0.05, 0) is 67.4 Å². The minimum absolute atomic E-state index is 0.628. The summed E-state index contributed by atoms with van der Waals surface area (Å²) in [5, 5.41) is 6.72. The Morgan fingerprint density at radius 2 is 1.17 bits per heavy atom. The molecule has 0 aliphatic rings. The van der Waals surface area contributed by atoms with Crippen molar-refractivity contribution >= 4 is 29.0 Å². The number of anilines is 4. The SMILES string of the molecule is Cc1cccc(Nc2cc(C=O)cc(Nc3cccc(C)c3)c2)c1. The van der Waals surface area contributed by atoms with Crippen LogP contribution < -0.4 is 10.6 Å². The lowest BCUT2D eigenvalue weighted by atomic mass is 10.1. The van der Waals surface area contributed by atoms with E-state index in [-0.39, 0.29) is 0 Å². The fraction of sp³-hybridized carbons (Fsp3) is 0.0952. The molecule has 3 aromatic rings. The molecule has 0 unspecified atom stereocenters. The van der Waals surface area contributed by atoms with Crippen LogP contribution in [0, 0.1) is 13.8 Å². The van der Waals surface area contributed by atoms with E-state index in [4.69, 9.17) is 0 Å². The Morgan fingerprint density at radius 3 is 1.58 bits per heavy atom. The van der Waals surface area contributed by atoms with Crippen molar-refractivity contribution in [3.05, 3.63) is 83.4 Å². The number of carbonyl (C=O) groups excluding carboxylic acids is 1. The molecule has 3 heteroatoms. The van der Waals surface area contributed by atoms with E-state index >= 15 is 0 Å². The highest BCUT2D eigenvalue weighted by molar-refractivity contribution is 5.82. The fourth-order valence-corrected chi connectivity index (χ4v) is 2.64. The van der Waals surface area contributed by atoms with Gasteiger partial charge in [-0.3, -0.25) is 4.79 Å². The molecule has 0 fully saturated rings. The summed E-state index contributed by atoms with van der Waals surface area (Å²) in [6.07, 6.45) is 0.864. The van der Waals surface area contributed by atoms with E-state index in [2.05, 4.69) is 48.7 Å². The molecule has 0 saturated carbocycles. The Kier molecular flexibility index (Phi) is 4.62. The van der Waals surface area contributed by atoms with Gasteiger partial charge in [0, 0.05) is 28.3 Å². The number of hydrogen-bond acceptors (Lipinski definition) is 3. The second-order valence-electron chi connectivity index (χ2n) is 5.95. The van der Waals surface area contributed by atoms with Gasteiger partial charge in [-0.15, -0.1) is 0 Å². The Hall–Kier alpha value is -3.07. The van der Waals surface area contributed by atoms with E-state index in [1.807, 2.05) is 42.5 Å². The van der Waals surface area contributed by atoms with Gasteiger partial charge >= 0.3 is 0 Å². The van der Waals surface area contributed by atoms with Gasteiger partial charge in [0.1, 0.15) is 6.29 Å². The first-order chi connectivity index (χ1) is 11.6. The smallest absolute Gasteiger partial charge is 0.150 e.